The summed E-state index contributed by atoms with van der Waals surface area (Å²) >= 11 is 0. The normalized spacial score (nSPS) is 13.0. The van der Waals surface area contributed by atoms with Crippen molar-refractivity contribution in [2.45, 2.75) is 19.4 Å². The lowest BCUT2D eigenvalue weighted by Crippen LogP contribution is -2.14. The van der Waals surface area contributed by atoms with Gasteiger partial charge in [0.15, 0.2) is 0 Å². The summed E-state index contributed by atoms with van der Waals surface area (Å²) in [6.45, 7) is 1.87. The number of nitrogens with zero attached hydrogens (tertiary/aromatic N) is 2. The Balaban J connectivity index is 3.73. The van der Waals surface area contributed by atoms with Gasteiger partial charge in [0.1, 0.15) is 0 Å². The molecule has 0 amide bonds. The van der Waals surface area contributed by atoms with Crippen LogP contribution in [0.5, 0.6) is 0 Å². The summed E-state index contributed by atoms with van der Waals surface area (Å²) in [5.74, 6) is -0.224. The molecule has 0 fully saturated rings. The lowest BCUT2D eigenvalue weighted by molar-refractivity contribution is -0.140. The second-order valence-corrected chi connectivity index (χ2v) is 2.86. The Kier molecular flexibility index (Phi) is 5.08. The molecule has 0 saturated carbocycles. The molecule has 0 aliphatic carbocycles. The van der Waals surface area contributed by atoms with Crippen LogP contribution < -0.4 is 0 Å². The number of rotatable bonds is 4. The fourth-order valence-corrected chi connectivity index (χ4v) is 0.624. The zero-order valence-corrected chi connectivity index (χ0v) is 8.07. The molecule has 4 nitrogen and oxygen atoms in total. The molecule has 0 saturated heterocycles. The van der Waals surface area contributed by atoms with Crippen molar-refractivity contribution < 1.29 is 9.53 Å². The first-order valence-electron chi connectivity index (χ1n) is 3.82. The van der Waals surface area contributed by atoms with Gasteiger partial charge in [-0.25, -0.2) is 0 Å². The van der Waals surface area contributed by atoms with E-state index in [-0.39, 0.29) is 12.0 Å². The molecule has 0 aromatic heterocycles. The van der Waals surface area contributed by atoms with E-state index >= 15 is 0 Å². The SMILES string of the molecule is COC(=O)CC(C)N=CN(C)C. The Labute approximate surface area is 73.2 Å². The zero-order valence-electron chi connectivity index (χ0n) is 8.07. The van der Waals surface area contributed by atoms with E-state index in [0.717, 1.165) is 0 Å². The van der Waals surface area contributed by atoms with Crippen molar-refractivity contribution in [2.24, 2.45) is 4.99 Å². The minimum absolute atomic E-state index is 0.0140. The highest BCUT2D eigenvalue weighted by molar-refractivity contribution is 5.70. The molecule has 0 N–H and O–H groups in total. The predicted octanol–water partition coefficient (Wildman–Crippen LogP) is 0.528. The number of carbonyl (C=O) groups excluding carboxylic acids is 1. The number of hydrogen-bond acceptors (Lipinski definition) is 3. The molecular formula is C8H16N2O2. The molecule has 0 spiro atoms. The largest absolute Gasteiger partial charge is 0.469 e. The minimum atomic E-state index is -0.224. The summed E-state index contributed by atoms with van der Waals surface area (Å²) in [5, 5.41) is 0. The number of aliphatic imine (C=N–C) groups is 1. The standard InChI is InChI=1S/C8H16N2O2/c1-7(5-8(11)12-4)9-6-10(2)3/h6-7H,5H2,1-4H3. The van der Waals surface area contributed by atoms with Crippen LogP contribution in [-0.4, -0.2) is 44.5 Å². The van der Waals surface area contributed by atoms with Crippen LogP contribution in [0, 0.1) is 0 Å². The van der Waals surface area contributed by atoms with Crippen molar-refractivity contribution in [3.8, 4) is 0 Å². The van der Waals surface area contributed by atoms with Crippen molar-refractivity contribution >= 4 is 12.3 Å². The molecule has 0 aromatic rings. The molecule has 4 heteroatoms. The van der Waals surface area contributed by atoms with Crippen LogP contribution in [0.2, 0.25) is 0 Å². The van der Waals surface area contributed by atoms with Gasteiger partial charge in [-0.15, -0.1) is 0 Å². The van der Waals surface area contributed by atoms with E-state index in [4.69, 9.17) is 0 Å². The van der Waals surface area contributed by atoms with Crippen LogP contribution in [0.15, 0.2) is 4.99 Å². The van der Waals surface area contributed by atoms with E-state index in [1.54, 1.807) is 6.34 Å². The van der Waals surface area contributed by atoms with Gasteiger partial charge in [-0.3, -0.25) is 9.79 Å². The average molecular weight is 172 g/mol. The van der Waals surface area contributed by atoms with Crippen LogP contribution in [0.3, 0.4) is 0 Å². The van der Waals surface area contributed by atoms with E-state index in [9.17, 15) is 4.79 Å². The summed E-state index contributed by atoms with van der Waals surface area (Å²) in [6, 6.07) is -0.0140. The Bertz CT molecular complexity index is 166. The molecule has 12 heavy (non-hydrogen) atoms. The van der Waals surface area contributed by atoms with Gasteiger partial charge in [-0.2, -0.15) is 0 Å². The second-order valence-electron chi connectivity index (χ2n) is 2.86. The Morgan fingerprint density at radius 3 is 2.67 bits per heavy atom. The van der Waals surface area contributed by atoms with Crippen LogP contribution in [0.1, 0.15) is 13.3 Å². The monoisotopic (exact) mass is 172 g/mol. The quantitative estimate of drug-likeness (QED) is 0.353. The first-order valence-corrected chi connectivity index (χ1v) is 3.82. The fraction of sp³-hybridized carbons (Fsp3) is 0.750. The summed E-state index contributed by atoms with van der Waals surface area (Å²) in [4.78, 5) is 16.7. The van der Waals surface area contributed by atoms with E-state index in [1.165, 1.54) is 7.11 Å². The third kappa shape index (κ3) is 5.70. The lowest BCUT2D eigenvalue weighted by atomic mass is 10.2. The number of hydrogen-bond donors (Lipinski definition) is 0. The van der Waals surface area contributed by atoms with Crippen molar-refractivity contribution in [3.05, 3.63) is 0 Å². The van der Waals surface area contributed by atoms with Gasteiger partial charge < -0.3 is 9.64 Å². The summed E-state index contributed by atoms with van der Waals surface area (Å²) in [7, 11) is 5.15. The fourth-order valence-electron chi connectivity index (χ4n) is 0.624. The van der Waals surface area contributed by atoms with Crippen LogP contribution in [0.25, 0.3) is 0 Å². The number of esters is 1. The van der Waals surface area contributed by atoms with E-state index in [0.29, 0.717) is 6.42 Å². The lowest BCUT2D eigenvalue weighted by Gasteiger charge is -2.06. The van der Waals surface area contributed by atoms with Crippen LogP contribution in [-0.2, 0) is 9.53 Å². The highest BCUT2D eigenvalue weighted by Crippen LogP contribution is 1.97. The highest BCUT2D eigenvalue weighted by atomic mass is 16.5. The molecular weight excluding hydrogens is 156 g/mol. The van der Waals surface area contributed by atoms with Crippen molar-refractivity contribution in [1.29, 1.82) is 0 Å². The van der Waals surface area contributed by atoms with Gasteiger partial charge in [-0.05, 0) is 6.92 Å². The molecule has 0 bridgehead atoms. The maximum Gasteiger partial charge on any atom is 0.307 e. The Hall–Kier alpha value is -1.06. The summed E-state index contributed by atoms with van der Waals surface area (Å²) < 4.78 is 4.50. The molecule has 0 aliphatic rings. The molecule has 0 radical (unpaired) electrons. The van der Waals surface area contributed by atoms with E-state index in [1.807, 2.05) is 25.9 Å². The van der Waals surface area contributed by atoms with Gasteiger partial charge >= 0.3 is 5.97 Å². The molecule has 0 aliphatic heterocycles. The molecule has 1 unspecified atom stereocenters. The Morgan fingerprint density at radius 2 is 2.25 bits per heavy atom. The molecule has 70 valence electrons. The second kappa shape index (κ2) is 5.57. The predicted molar refractivity (Wildman–Crippen MR) is 48.3 cm³/mol. The molecule has 0 heterocycles. The maximum absolute atomic E-state index is 10.8. The Morgan fingerprint density at radius 1 is 1.67 bits per heavy atom. The number of carbonyl (C=O) groups is 1. The summed E-state index contributed by atoms with van der Waals surface area (Å²) in [5.41, 5.74) is 0. The van der Waals surface area contributed by atoms with Gasteiger partial charge in [0.2, 0.25) is 0 Å². The number of ether oxygens (including phenoxy) is 1. The van der Waals surface area contributed by atoms with Gasteiger partial charge in [0.05, 0.1) is 25.9 Å². The van der Waals surface area contributed by atoms with Crippen molar-refractivity contribution in [2.75, 3.05) is 21.2 Å². The molecule has 0 aromatic carbocycles. The minimum Gasteiger partial charge on any atom is -0.469 e. The van der Waals surface area contributed by atoms with Gasteiger partial charge in [-0.1, -0.05) is 0 Å². The first kappa shape index (κ1) is 10.9. The van der Waals surface area contributed by atoms with Crippen molar-refractivity contribution in [3.63, 3.8) is 0 Å². The molecule has 0 rings (SSSR count). The average Bonchev–Trinajstić information content (AvgIpc) is 2.00. The maximum atomic E-state index is 10.8. The van der Waals surface area contributed by atoms with E-state index < -0.39 is 0 Å². The molecule has 1 atom stereocenters. The van der Waals surface area contributed by atoms with Gasteiger partial charge in [0, 0.05) is 14.1 Å². The summed E-state index contributed by atoms with van der Waals surface area (Å²) in [6.07, 6.45) is 2.02. The third-order valence-corrected chi connectivity index (χ3v) is 1.24. The first-order chi connectivity index (χ1) is 5.56. The van der Waals surface area contributed by atoms with Crippen LogP contribution >= 0.6 is 0 Å². The van der Waals surface area contributed by atoms with Crippen molar-refractivity contribution in [1.82, 2.24) is 4.90 Å². The van der Waals surface area contributed by atoms with Gasteiger partial charge in [0.25, 0.3) is 0 Å². The van der Waals surface area contributed by atoms with Crippen LogP contribution in [0.4, 0.5) is 0 Å². The number of methoxy groups -OCH3 is 1. The zero-order chi connectivity index (χ0) is 9.56. The third-order valence-electron chi connectivity index (χ3n) is 1.24. The smallest absolute Gasteiger partial charge is 0.307 e. The topological polar surface area (TPSA) is 41.9 Å². The van der Waals surface area contributed by atoms with E-state index in [2.05, 4.69) is 9.73 Å². The highest BCUT2D eigenvalue weighted by Gasteiger charge is 2.05.